The molecule has 0 aliphatic carbocycles. The Labute approximate surface area is 325 Å². The highest BCUT2D eigenvalue weighted by atomic mass is 16.3. The quantitative estimate of drug-likeness (QED) is 0.160. The summed E-state index contributed by atoms with van der Waals surface area (Å²) in [7, 11) is 0. The van der Waals surface area contributed by atoms with E-state index in [1.807, 2.05) is 6.07 Å². The molecule has 1 heterocycles. The third-order valence-electron chi connectivity index (χ3n) is 11.2. The lowest BCUT2D eigenvalue weighted by Crippen LogP contribution is -2.09. The number of hydrogen-bond acceptors (Lipinski definition) is 2. The van der Waals surface area contributed by atoms with E-state index in [4.69, 9.17) is 4.42 Å². The Morgan fingerprint density at radius 2 is 0.875 bits per heavy atom. The van der Waals surface area contributed by atoms with Crippen molar-refractivity contribution < 1.29 is 4.42 Å². The van der Waals surface area contributed by atoms with Crippen molar-refractivity contribution in [2.45, 2.75) is 0 Å². The fraction of sp³-hybridized carbons (Fsp3) is 0. The van der Waals surface area contributed by atoms with Crippen LogP contribution in [-0.4, -0.2) is 0 Å². The standard InChI is InChI=1S/C54H35NO/c1-3-12-36(13-4-1)39-15-11-16-41(32-39)50-35-53-54(49-20-9-10-21-52(49)56-53)51-34-45(29-31-48(50)51)55(43-17-5-2-6-18-43)44-27-24-37(25-28-44)40-26-30-47-42(33-40)23-22-38-14-7-8-19-46(38)47/h1-35H. The fourth-order valence-corrected chi connectivity index (χ4v) is 8.52. The minimum absolute atomic E-state index is 0.884. The molecule has 0 radical (unpaired) electrons. The van der Waals surface area contributed by atoms with E-state index in [9.17, 15) is 0 Å². The predicted octanol–water partition coefficient (Wildman–Crippen LogP) is 15.5. The third-order valence-corrected chi connectivity index (χ3v) is 11.2. The lowest BCUT2D eigenvalue weighted by Gasteiger charge is -2.26. The van der Waals surface area contributed by atoms with Gasteiger partial charge in [-0.2, -0.15) is 0 Å². The molecule has 11 aromatic rings. The zero-order valence-corrected chi connectivity index (χ0v) is 30.6. The largest absolute Gasteiger partial charge is 0.456 e. The highest BCUT2D eigenvalue weighted by Gasteiger charge is 2.19. The molecule has 11 rings (SSSR count). The molecule has 0 atom stereocenters. The van der Waals surface area contributed by atoms with E-state index in [0.29, 0.717) is 0 Å². The first-order valence-corrected chi connectivity index (χ1v) is 19.2. The maximum atomic E-state index is 6.60. The van der Waals surface area contributed by atoms with Crippen molar-refractivity contribution in [3.8, 4) is 33.4 Å². The van der Waals surface area contributed by atoms with Gasteiger partial charge in [0, 0.05) is 27.8 Å². The molecule has 0 N–H and O–H groups in total. The van der Waals surface area contributed by atoms with Gasteiger partial charge in [-0.15, -0.1) is 0 Å². The van der Waals surface area contributed by atoms with Gasteiger partial charge in [0.2, 0.25) is 0 Å². The van der Waals surface area contributed by atoms with Crippen LogP contribution in [0.15, 0.2) is 217 Å². The molecule has 0 spiro atoms. The minimum atomic E-state index is 0.884. The molecule has 0 saturated carbocycles. The van der Waals surface area contributed by atoms with Crippen molar-refractivity contribution in [3.63, 3.8) is 0 Å². The van der Waals surface area contributed by atoms with Gasteiger partial charge in [0.05, 0.1) is 0 Å². The Balaban J connectivity index is 1.06. The average Bonchev–Trinajstić information content (AvgIpc) is 3.66. The molecule has 0 bridgehead atoms. The summed E-state index contributed by atoms with van der Waals surface area (Å²) >= 11 is 0. The molecule has 0 amide bonds. The van der Waals surface area contributed by atoms with Crippen molar-refractivity contribution in [2.75, 3.05) is 4.90 Å². The SMILES string of the molecule is c1ccc(-c2cccc(-c3cc4oc5ccccc5c4c4cc(N(c5ccccc5)c5ccc(-c6ccc7c(ccc8ccccc87)c6)cc5)ccc34)c2)cc1. The van der Waals surface area contributed by atoms with Crippen molar-refractivity contribution in [2.24, 2.45) is 0 Å². The van der Waals surface area contributed by atoms with Crippen molar-refractivity contribution >= 4 is 71.3 Å². The van der Waals surface area contributed by atoms with E-state index in [-0.39, 0.29) is 0 Å². The van der Waals surface area contributed by atoms with E-state index in [2.05, 4.69) is 211 Å². The van der Waals surface area contributed by atoms with Crippen LogP contribution in [-0.2, 0) is 0 Å². The molecular weight excluding hydrogens is 679 g/mol. The third kappa shape index (κ3) is 5.42. The van der Waals surface area contributed by atoms with Crippen LogP contribution in [0.25, 0.3) is 87.6 Å². The van der Waals surface area contributed by atoms with Crippen molar-refractivity contribution in [3.05, 3.63) is 212 Å². The van der Waals surface area contributed by atoms with Gasteiger partial charge in [0.15, 0.2) is 0 Å². The Hall–Kier alpha value is -7.42. The van der Waals surface area contributed by atoms with Crippen LogP contribution < -0.4 is 4.90 Å². The van der Waals surface area contributed by atoms with Gasteiger partial charge in [0.25, 0.3) is 0 Å². The van der Waals surface area contributed by atoms with Crippen LogP contribution in [0.3, 0.4) is 0 Å². The number of furan rings is 1. The number of rotatable bonds is 6. The molecule has 2 nitrogen and oxygen atoms in total. The Bertz CT molecular complexity index is 3230. The topological polar surface area (TPSA) is 16.4 Å². The van der Waals surface area contributed by atoms with Gasteiger partial charge >= 0.3 is 0 Å². The van der Waals surface area contributed by atoms with Gasteiger partial charge in [0.1, 0.15) is 11.2 Å². The number of benzene rings is 10. The highest BCUT2D eigenvalue weighted by molar-refractivity contribution is 6.23. The van der Waals surface area contributed by atoms with E-state index < -0.39 is 0 Å². The molecule has 2 heteroatoms. The molecule has 1 aromatic heterocycles. The first kappa shape index (κ1) is 32.0. The van der Waals surface area contributed by atoms with Gasteiger partial charge in [-0.05, 0) is 126 Å². The summed E-state index contributed by atoms with van der Waals surface area (Å²) < 4.78 is 6.60. The van der Waals surface area contributed by atoms with Crippen molar-refractivity contribution in [1.82, 2.24) is 0 Å². The van der Waals surface area contributed by atoms with E-state index in [1.165, 1.54) is 49.2 Å². The molecule has 56 heavy (non-hydrogen) atoms. The summed E-state index contributed by atoms with van der Waals surface area (Å²) in [6, 6.07) is 76.4. The Kier molecular flexibility index (Phi) is 7.53. The maximum Gasteiger partial charge on any atom is 0.136 e. The zero-order valence-electron chi connectivity index (χ0n) is 30.6. The average molecular weight is 714 g/mol. The first-order valence-electron chi connectivity index (χ1n) is 19.2. The van der Waals surface area contributed by atoms with Crippen LogP contribution >= 0.6 is 0 Å². The van der Waals surface area contributed by atoms with Gasteiger partial charge in [-0.1, -0.05) is 152 Å². The maximum absolute atomic E-state index is 6.60. The predicted molar refractivity (Wildman–Crippen MR) is 237 cm³/mol. The van der Waals surface area contributed by atoms with E-state index in [0.717, 1.165) is 55.5 Å². The molecule has 0 unspecified atom stereocenters. The molecular formula is C54H35NO. The van der Waals surface area contributed by atoms with Gasteiger partial charge in [-0.25, -0.2) is 0 Å². The normalized spacial score (nSPS) is 11.6. The second-order valence-electron chi connectivity index (χ2n) is 14.5. The molecule has 0 aliphatic heterocycles. The summed E-state index contributed by atoms with van der Waals surface area (Å²) in [5, 5.41) is 9.67. The fourth-order valence-electron chi connectivity index (χ4n) is 8.52. The van der Waals surface area contributed by atoms with Crippen LogP contribution in [0.1, 0.15) is 0 Å². The summed E-state index contributed by atoms with van der Waals surface area (Å²) in [5.74, 6) is 0. The van der Waals surface area contributed by atoms with Gasteiger partial charge in [-0.3, -0.25) is 0 Å². The summed E-state index contributed by atoms with van der Waals surface area (Å²) in [4.78, 5) is 2.35. The molecule has 0 fully saturated rings. The number of anilines is 3. The second kappa shape index (κ2) is 13.2. The van der Waals surface area contributed by atoms with E-state index >= 15 is 0 Å². The number of nitrogens with zero attached hydrogens (tertiary/aromatic N) is 1. The number of para-hydroxylation sites is 2. The van der Waals surface area contributed by atoms with Crippen LogP contribution in [0.5, 0.6) is 0 Å². The minimum Gasteiger partial charge on any atom is -0.456 e. The summed E-state index contributed by atoms with van der Waals surface area (Å²) in [6.07, 6.45) is 0. The smallest absolute Gasteiger partial charge is 0.136 e. The highest BCUT2D eigenvalue weighted by Crippen LogP contribution is 2.44. The van der Waals surface area contributed by atoms with Gasteiger partial charge < -0.3 is 9.32 Å². The lowest BCUT2D eigenvalue weighted by atomic mass is 9.92. The first-order chi connectivity index (χ1) is 27.7. The summed E-state index contributed by atoms with van der Waals surface area (Å²) in [5.41, 5.74) is 12.1. The molecule has 262 valence electrons. The Morgan fingerprint density at radius 3 is 1.73 bits per heavy atom. The van der Waals surface area contributed by atoms with Crippen LogP contribution in [0, 0.1) is 0 Å². The second-order valence-corrected chi connectivity index (χ2v) is 14.5. The van der Waals surface area contributed by atoms with Crippen molar-refractivity contribution in [1.29, 1.82) is 0 Å². The number of fused-ring (bicyclic) bond motifs is 8. The monoisotopic (exact) mass is 713 g/mol. The van der Waals surface area contributed by atoms with Crippen LogP contribution in [0.4, 0.5) is 17.1 Å². The van der Waals surface area contributed by atoms with E-state index in [1.54, 1.807) is 0 Å². The Morgan fingerprint density at radius 1 is 0.286 bits per heavy atom. The molecule has 0 aliphatic rings. The lowest BCUT2D eigenvalue weighted by molar-refractivity contribution is 0.669. The zero-order chi connectivity index (χ0) is 37.0. The van der Waals surface area contributed by atoms with Crippen LogP contribution in [0.2, 0.25) is 0 Å². The summed E-state index contributed by atoms with van der Waals surface area (Å²) in [6.45, 7) is 0. The molecule has 0 saturated heterocycles. The molecule has 10 aromatic carbocycles. The number of hydrogen-bond donors (Lipinski definition) is 0.